The molecule has 0 saturated heterocycles. The lowest BCUT2D eigenvalue weighted by atomic mass is 10.8. The van der Waals surface area contributed by atoms with Gasteiger partial charge in [-0.1, -0.05) is 6.08 Å². The van der Waals surface area contributed by atoms with Crippen LogP contribution in [-0.2, 0) is 11.1 Å². The Morgan fingerprint density at radius 3 is 3.17 bits per heavy atom. The molecule has 36 valence electrons. The summed E-state index contributed by atoms with van der Waals surface area (Å²) in [5.74, 6) is 0.226. The van der Waals surface area contributed by atoms with Crippen LogP contribution in [0, 0.1) is 0 Å². The first kappa shape index (κ1) is 4.02. The topological polar surface area (TPSA) is 37.3 Å². The third-order valence-corrected chi connectivity index (χ3v) is 0.762. The standard InChI is InChI=1S/C3H6O2S/c1-2-3-6(4)5/h2H,1,3H2,(H,4,5)/i/hD. The molecule has 0 aliphatic rings. The van der Waals surface area contributed by atoms with E-state index < -0.39 is 11.1 Å². The van der Waals surface area contributed by atoms with Gasteiger partial charge in [0.05, 0.1) is 5.75 Å². The molecule has 1 atom stereocenters. The van der Waals surface area contributed by atoms with Crippen LogP contribution in [-0.4, -0.2) is 14.5 Å². The van der Waals surface area contributed by atoms with Crippen molar-refractivity contribution in [3.05, 3.63) is 12.7 Å². The first-order valence-electron chi connectivity index (χ1n) is 1.85. The van der Waals surface area contributed by atoms with Gasteiger partial charge in [-0.25, -0.2) is 4.21 Å². The van der Waals surface area contributed by atoms with Crippen LogP contribution in [0.15, 0.2) is 12.7 Å². The Morgan fingerprint density at radius 1 is 2.33 bits per heavy atom. The summed E-state index contributed by atoms with van der Waals surface area (Å²) in [5.41, 5.74) is 0. The SMILES string of the molecule is [2H]OS(=O)CC=C. The lowest BCUT2D eigenvalue weighted by molar-refractivity contribution is 0.567. The molecule has 1 N–H and O–H groups in total. The molecule has 0 bridgehead atoms. The van der Waals surface area contributed by atoms with Crippen LogP contribution in [0.4, 0.5) is 0 Å². The number of hydrogen-bond acceptors (Lipinski definition) is 2. The fourth-order valence-electron chi connectivity index (χ4n) is 0.0962. The summed E-state index contributed by atoms with van der Waals surface area (Å²) in [6.45, 7) is 3.29. The third kappa shape index (κ3) is 3.85. The van der Waals surface area contributed by atoms with Crippen molar-refractivity contribution in [2.45, 2.75) is 0 Å². The second-order valence-corrected chi connectivity index (χ2v) is 1.70. The van der Waals surface area contributed by atoms with E-state index in [0.717, 1.165) is 0 Å². The Balaban J connectivity index is 3.17. The second-order valence-electron chi connectivity index (χ2n) is 0.759. The Kier molecular flexibility index (Phi) is 2.05. The Labute approximate surface area is 40.6 Å². The first-order chi connectivity index (χ1) is 3.31. The monoisotopic (exact) mass is 107 g/mol. The largest absolute Gasteiger partial charge is 0.306 e. The zero-order valence-electron chi connectivity index (χ0n) is 4.22. The van der Waals surface area contributed by atoms with E-state index in [1.165, 1.54) is 6.08 Å². The molecule has 0 aromatic carbocycles. The lowest BCUT2D eigenvalue weighted by Crippen LogP contribution is -1.87. The summed E-state index contributed by atoms with van der Waals surface area (Å²) in [4.78, 5) is 0. The van der Waals surface area contributed by atoms with E-state index in [4.69, 9.17) is 1.43 Å². The highest BCUT2D eigenvalue weighted by atomic mass is 32.2. The van der Waals surface area contributed by atoms with Crippen molar-refractivity contribution in [3.63, 3.8) is 0 Å². The molecule has 0 heterocycles. The van der Waals surface area contributed by atoms with Crippen LogP contribution in [0.25, 0.3) is 1.43 Å². The zero-order valence-corrected chi connectivity index (χ0v) is 4.03. The first-order valence-corrected chi connectivity index (χ1v) is 2.68. The molecule has 2 nitrogen and oxygen atoms in total. The summed E-state index contributed by atoms with van der Waals surface area (Å²) >= 11 is -1.48. The predicted octanol–water partition coefficient (Wildman–Crippen LogP) is 0.394. The molecule has 0 radical (unpaired) electrons. The summed E-state index contributed by atoms with van der Waals surface area (Å²) < 4.78 is 19.7. The predicted molar refractivity (Wildman–Crippen MR) is 25.8 cm³/mol. The Morgan fingerprint density at radius 2 is 3.00 bits per heavy atom. The van der Waals surface area contributed by atoms with Gasteiger partial charge >= 0.3 is 0 Å². The van der Waals surface area contributed by atoms with Crippen molar-refractivity contribution >= 4 is 11.1 Å². The third-order valence-electron chi connectivity index (χ3n) is 0.254. The van der Waals surface area contributed by atoms with Gasteiger partial charge in [0.25, 0.3) is 0 Å². The van der Waals surface area contributed by atoms with E-state index in [2.05, 4.69) is 11.1 Å². The van der Waals surface area contributed by atoms with Crippen LogP contribution in [0.5, 0.6) is 0 Å². The smallest absolute Gasteiger partial charge is 0.231 e. The maximum absolute atomic E-state index is 10.0. The van der Waals surface area contributed by atoms with Crippen molar-refractivity contribution < 1.29 is 8.76 Å². The summed E-state index contributed by atoms with van der Waals surface area (Å²) in [7, 11) is 0. The van der Waals surface area contributed by atoms with Gasteiger partial charge in [-0.2, -0.15) is 0 Å². The number of rotatable bonds is 3. The molecule has 0 aromatic rings. The minimum atomic E-state index is -1.48. The number of hydrogen-bond donors (Lipinski definition) is 1. The van der Waals surface area contributed by atoms with E-state index in [0.29, 0.717) is 0 Å². The van der Waals surface area contributed by atoms with Crippen LogP contribution >= 0.6 is 0 Å². The zero-order chi connectivity index (χ0) is 5.70. The molecule has 0 aliphatic heterocycles. The van der Waals surface area contributed by atoms with Gasteiger partial charge in [0.2, 0.25) is 1.43 Å². The van der Waals surface area contributed by atoms with Crippen LogP contribution in [0.3, 0.4) is 0 Å². The van der Waals surface area contributed by atoms with Gasteiger partial charge in [-0.3, -0.25) is 0 Å². The normalized spacial score (nSPS) is 15.7. The average Bonchev–Trinajstić information content (AvgIpc) is 1.68. The van der Waals surface area contributed by atoms with Crippen molar-refractivity contribution in [1.29, 1.82) is 1.43 Å². The highest BCUT2D eigenvalue weighted by molar-refractivity contribution is 7.79. The molecule has 0 aliphatic carbocycles. The van der Waals surface area contributed by atoms with Gasteiger partial charge in [0, 0.05) is 0 Å². The van der Waals surface area contributed by atoms with Gasteiger partial charge in [-0.15, -0.1) is 6.58 Å². The molecule has 3 heteroatoms. The summed E-state index contributed by atoms with van der Waals surface area (Å²) in [6.07, 6.45) is 1.44. The van der Waals surface area contributed by atoms with E-state index in [1.54, 1.807) is 0 Å². The van der Waals surface area contributed by atoms with Gasteiger partial charge in [0.1, 0.15) is 0 Å². The highest BCUT2D eigenvalue weighted by Crippen LogP contribution is 1.69. The Hall–Kier alpha value is -0.150. The molecule has 0 amide bonds. The van der Waals surface area contributed by atoms with Gasteiger partial charge in [0.15, 0.2) is 11.1 Å². The molecule has 0 spiro atoms. The van der Waals surface area contributed by atoms with Crippen LogP contribution in [0.2, 0.25) is 0 Å². The fraction of sp³-hybridized carbons (Fsp3) is 0.333. The van der Waals surface area contributed by atoms with Crippen LogP contribution < -0.4 is 0 Å². The minimum Gasteiger partial charge on any atom is -0.306 e. The summed E-state index contributed by atoms with van der Waals surface area (Å²) in [5, 5.41) is 0. The van der Waals surface area contributed by atoms with Gasteiger partial charge < -0.3 is 4.56 Å². The lowest BCUT2D eigenvalue weighted by Gasteiger charge is -1.76. The van der Waals surface area contributed by atoms with Gasteiger partial charge in [-0.05, 0) is 0 Å². The molecule has 0 aromatic heterocycles. The summed E-state index contributed by atoms with van der Waals surface area (Å²) in [6, 6.07) is 0. The minimum absolute atomic E-state index is 0.226. The molecule has 6 heavy (non-hydrogen) atoms. The van der Waals surface area contributed by atoms with Crippen molar-refractivity contribution in [2.24, 2.45) is 0 Å². The van der Waals surface area contributed by atoms with E-state index >= 15 is 0 Å². The highest BCUT2D eigenvalue weighted by Gasteiger charge is 1.79. The molecule has 0 fully saturated rings. The molecule has 1 unspecified atom stereocenters. The average molecular weight is 107 g/mol. The molecular formula is C3H6O2S. The van der Waals surface area contributed by atoms with E-state index in [9.17, 15) is 4.21 Å². The van der Waals surface area contributed by atoms with E-state index in [1.807, 2.05) is 0 Å². The maximum atomic E-state index is 10.0. The fourth-order valence-corrected chi connectivity index (χ4v) is 0.289. The molecule has 0 rings (SSSR count). The molecular weight excluding hydrogens is 100 g/mol. The van der Waals surface area contributed by atoms with Crippen molar-refractivity contribution in [3.8, 4) is 0 Å². The Bertz CT molecular complexity index is 83.0. The maximum Gasteiger partial charge on any atom is 0.231 e. The van der Waals surface area contributed by atoms with Crippen molar-refractivity contribution in [1.82, 2.24) is 0 Å². The quantitative estimate of drug-likeness (QED) is 0.418. The van der Waals surface area contributed by atoms with E-state index in [-0.39, 0.29) is 5.75 Å². The second kappa shape index (κ2) is 3.06. The van der Waals surface area contributed by atoms with Crippen molar-refractivity contribution in [2.75, 3.05) is 5.75 Å². The van der Waals surface area contributed by atoms with Crippen LogP contribution in [0.1, 0.15) is 0 Å². The molecule has 0 saturated carbocycles.